The summed E-state index contributed by atoms with van der Waals surface area (Å²) in [5, 5.41) is 11.5. The van der Waals surface area contributed by atoms with Gasteiger partial charge in [0.05, 0.1) is 6.04 Å². The molecule has 4 heteroatoms. The number of hydrogen-bond donors (Lipinski definition) is 2. The summed E-state index contributed by atoms with van der Waals surface area (Å²) in [5.41, 5.74) is 5.52. The van der Waals surface area contributed by atoms with E-state index in [0.29, 0.717) is 11.9 Å². The normalized spacial score (nSPS) is 21.4. The molecular weight excluding hydrogens is 154 g/mol. The van der Waals surface area contributed by atoms with Crippen molar-refractivity contribution in [2.75, 3.05) is 6.54 Å². The van der Waals surface area contributed by atoms with Crippen molar-refractivity contribution in [3.8, 4) is 0 Å². The summed E-state index contributed by atoms with van der Waals surface area (Å²) in [6, 6.07) is 0.720. The van der Waals surface area contributed by atoms with Gasteiger partial charge in [-0.15, -0.1) is 0 Å². The second-order valence-corrected chi connectivity index (χ2v) is 3.26. The van der Waals surface area contributed by atoms with E-state index in [1.807, 2.05) is 6.92 Å². The SMILES string of the molecule is CCN(C1CC1)C(C)C(N)=NO. The maximum Gasteiger partial charge on any atom is 0.156 e. The Morgan fingerprint density at radius 3 is 2.67 bits per heavy atom. The van der Waals surface area contributed by atoms with Crippen molar-refractivity contribution in [3.63, 3.8) is 0 Å². The standard InChI is InChI=1S/C8H17N3O/c1-3-11(7-4-5-7)6(2)8(9)10-12/h6-7,12H,3-5H2,1-2H3,(H2,9,10). The molecule has 1 unspecified atom stereocenters. The molecule has 0 heterocycles. The van der Waals surface area contributed by atoms with Crippen LogP contribution in [0.4, 0.5) is 0 Å². The molecule has 1 aliphatic rings. The van der Waals surface area contributed by atoms with E-state index in [1.165, 1.54) is 12.8 Å². The van der Waals surface area contributed by atoms with Crippen LogP contribution in [0.1, 0.15) is 26.7 Å². The molecule has 0 aliphatic heterocycles. The number of rotatable bonds is 4. The summed E-state index contributed by atoms with van der Waals surface area (Å²) in [5.74, 6) is 0.309. The third-order valence-corrected chi connectivity index (χ3v) is 2.42. The number of nitrogens with two attached hydrogens (primary N) is 1. The summed E-state index contributed by atoms with van der Waals surface area (Å²) in [4.78, 5) is 2.26. The van der Waals surface area contributed by atoms with Gasteiger partial charge in [-0.2, -0.15) is 0 Å². The zero-order chi connectivity index (χ0) is 9.14. The quantitative estimate of drug-likeness (QED) is 0.282. The van der Waals surface area contributed by atoms with Crippen molar-refractivity contribution >= 4 is 5.84 Å². The summed E-state index contributed by atoms with van der Waals surface area (Å²) in [6.45, 7) is 5.03. The lowest BCUT2D eigenvalue weighted by Crippen LogP contribution is -2.43. The average Bonchev–Trinajstić information content (AvgIpc) is 2.88. The summed E-state index contributed by atoms with van der Waals surface area (Å²) in [7, 11) is 0. The van der Waals surface area contributed by atoms with Gasteiger partial charge in [-0.1, -0.05) is 12.1 Å². The van der Waals surface area contributed by atoms with Gasteiger partial charge in [-0.05, 0) is 26.3 Å². The number of oxime groups is 1. The van der Waals surface area contributed by atoms with E-state index in [-0.39, 0.29) is 6.04 Å². The molecule has 0 spiro atoms. The van der Waals surface area contributed by atoms with E-state index in [1.54, 1.807) is 0 Å². The Balaban J connectivity index is 2.52. The van der Waals surface area contributed by atoms with Crippen LogP contribution in [-0.4, -0.2) is 34.6 Å². The first-order valence-electron chi connectivity index (χ1n) is 4.43. The van der Waals surface area contributed by atoms with Gasteiger partial charge in [0, 0.05) is 6.04 Å². The van der Waals surface area contributed by atoms with Crippen LogP contribution in [0.25, 0.3) is 0 Å². The van der Waals surface area contributed by atoms with E-state index >= 15 is 0 Å². The minimum absolute atomic E-state index is 0.0625. The molecule has 3 N–H and O–H groups in total. The summed E-state index contributed by atoms with van der Waals surface area (Å²) >= 11 is 0. The fraction of sp³-hybridized carbons (Fsp3) is 0.875. The van der Waals surface area contributed by atoms with Crippen LogP contribution >= 0.6 is 0 Å². The minimum Gasteiger partial charge on any atom is -0.409 e. The van der Waals surface area contributed by atoms with Gasteiger partial charge in [0.2, 0.25) is 0 Å². The number of likely N-dealkylation sites (N-methyl/N-ethyl adjacent to an activating group) is 1. The third-order valence-electron chi connectivity index (χ3n) is 2.42. The average molecular weight is 171 g/mol. The Hall–Kier alpha value is -0.770. The van der Waals surface area contributed by atoms with Crippen LogP contribution in [0.5, 0.6) is 0 Å². The van der Waals surface area contributed by atoms with Crippen LogP contribution in [0.2, 0.25) is 0 Å². The van der Waals surface area contributed by atoms with Crippen LogP contribution in [0.15, 0.2) is 5.16 Å². The minimum atomic E-state index is 0.0625. The van der Waals surface area contributed by atoms with Gasteiger partial charge in [0.25, 0.3) is 0 Å². The number of nitrogens with zero attached hydrogens (tertiary/aromatic N) is 2. The Labute approximate surface area is 73.0 Å². The summed E-state index contributed by atoms with van der Waals surface area (Å²) in [6.07, 6.45) is 2.49. The molecule has 0 aromatic rings. The van der Waals surface area contributed by atoms with Crippen molar-refractivity contribution in [1.82, 2.24) is 4.90 Å². The van der Waals surface area contributed by atoms with E-state index in [4.69, 9.17) is 10.9 Å². The lowest BCUT2D eigenvalue weighted by molar-refractivity contribution is 0.245. The first kappa shape index (κ1) is 9.32. The van der Waals surface area contributed by atoms with Crippen molar-refractivity contribution in [1.29, 1.82) is 0 Å². The van der Waals surface area contributed by atoms with Gasteiger partial charge in [0.1, 0.15) is 0 Å². The van der Waals surface area contributed by atoms with Crippen molar-refractivity contribution < 1.29 is 5.21 Å². The number of hydrogen-bond acceptors (Lipinski definition) is 3. The zero-order valence-corrected chi connectivity index (χ0v) is 7.70. The highest BCUT2D eigenvalue weighted by Gasteiger charge is 2.32. The Morgan fingerprint density at radius 2 is 2.33 bits per heavy atom. The Morgan fingerprint density at radius 1 is 1.75 bits per heavy atom. The van der Waals surface area contributed by atoms with E-state index < -0.39 is 0 Å². The first-order valence-corrected chi connectivity index (χ1v) is 4.43. The maximum absolute atomic E-state index is 8.49. The van der Waals surface area contributed by atoms with Crippen molar-refractivity contribution in [3.05, 3.63) is 0 Å². The highest BCUT2D eigenvalue weighted by molar-refractivity contribution is 5.84. The van der Waals surface area contributed by atoms with Crippen molar-refractivity contribution in [2.24, 2.45) is 10.9 Å². The van der Waals surface area contributed by atoms with Crippen LogP contribution in [0, 0.1) is 0 Å². The van der Waals surface area contributed by atoms with Gasteiger partial charge >= 0.3 is 0 Å². The van der Waals surface area contributed by atoms with Crippen LogP contribution in [0.3, 0.4) is 0 Å². The topological polar surface area (TPSA) is 61.8 Å². The van der Waals surface area contributed by atoms with E-state index in [2.05, 4.69) is 17.0 Å². The molecular formula is C8H17N3O. The van der Waals surface area contributed by atoms with Gasteiger partial charge in [-0.3, -0.25) is 4.90 Å². The molecule has 0 amide bonds. The molecule has 0 aromatic carbocycles. The lowest BCUT2D eigenvalue weighted by Gasteiger charge is -2.26. The Kier molecular flexibility index (Phi) is 2.92. The fourth-order valence-corrected chi connectivity index (χ4v) is 1.51. The van der Waals surface area contributed by atoms with Gasteiger partial charge in [0.15, 0.2) is 5.84 Å². The molecule has 1 fully saturated rings. The second kappa shape index (κ2) is 3.76. The largest absolute Gasteiger partial charge is 0.409 e. The molecule has 0 aromatic heterocycles. The molecule has 1 atom stereocenters. The molecule has 0 saturated heterocycles. The molecule has 12 heavy (non-hydrogen) atoms. The lowest BCUT2D eigenvalue weighted by atomic mass is 10.2. The molecule has 70 valence electrons. The smallest absolute Gasteiger partial charge is 0.156 e. The van der Waals surface area contributed by atoms with E-state index in [0.717, 1.165) is 6.54 Å². The summed E-state index contributed by atoms with van der Waals surface area (Å²) < 4.78 is 0. The molecule has 1 rings (SSSR count). The van der Waals surface area contributed by atoms with E-state index in [9.17, 15) is 0 Å². The van der Waals surface area contributed by atoms with Crippen LogP contribution < -0.4 is 5.73 Å². The molecule has 1 aliphatic carbocycles. The second-order valence-electron chi connectivity index (χ2n) is 3.26. The maximum atomic E-state index is 8.49. The number of amidine groups is 1. The van der Waals surface area contributed by atoms with Gasteiger partial charge in [-0.25, -0.2) is 0 Å². The molecule has 4 nitrogen and oxygen atoms in total. The highest BCUT2D eigenvalue weighted by Crippen LogP contribution is 2.28. The predicted octanol–water partition coefficient (Wildman–Crippen LogP) is 0.606. The third kappa shape index (κ3) is 1.88. The van der Waals surface area contributed by atoms with Crippen molar-refractivity contribution in [2.45, 2.75) is 38.8 Å². The molecule has 1 saturated carbocycles. The highest BCUT2D eigenvalue weighted by atomic mass is 16.4. The molecule has 0 bridgehead atoms. The predicted molar refractivity (Wildman–Crippen MR) is 48.3 cm³/mol. The zero-order valence-electron chi connectivity index (χ0n) is 7.70. The fourth-order valence-electron chi connectivity index (χ4n) is 1.51. The monoisotopic (exact) mass is 171 g/mol. The first-order chi connectivity index (χ1) is 5.70. The van der Waals surface area contributed by atoms with Crippen LogP contribution in [-0.2, 0) is 0 Å². The van der Waals surface area contributed by atoms with Gasteiger partial charge < -0.3 is 10.9 Å². The molecule has 0 radical (unpaired) electrons. The Bertz CT molecular complexity index is 177.